The zero-order valence-electron chi connectivity index (χ0n) is 11.8. The van der Waals surface area contributed by atoms with Gasteiger partial charge in [0.15, 0.2) is 11.5 Å². The van der Waals surface area contributed by atoms with Crippen molar-refractivity contribution < 1.29 is 19.0 Å². The molecule has 112 valence electrons. The first kappa shape index (κ1) is 14.1. The van der Waals surface area contributed by atoms with Gasteiger partial charge in [-0.15, -0.1) is 0 Å². The van der Waals surface area contributed by atoms with Gasteiger partial charge in [0, 0.05) is 17.1 Å². The Morgan fingerprint density at radius 3 is 2.81 bits per heavy atom. The summed E-state index contributed by atoms with van der Waals surface area (Å²) in [6.45, 7) is 0. The molecule has 7 heteroatoms. The number of carbonyl (C=O) groups is 1. The second-order valence-electron chi connectivity index (χ2n) is 4.81. The van der Waals surface area contributed by atoms with Gasteiger partial charge in [0.1, 0.15) is 6.10 Å². The van der Waals surface area contributed by atoms with Gasteiger partial charge < -0.3 is 14.2 Å². The van der Waals surface area contributed by atoms with Gasteiger partial charge in [-0.3, -0.25) is 15.1 Å². The number of amidine groups is 1. The highest BCUT2D eigenvalue weighted by Gasteiger charge is 2.46. The zero-order valence-corrected chi connectivity index (χ0v) is 12.6. The van der Waals surface area contributed by atoms with Crippen molar-refractivity contribution >= 4 is 23.7 Å². The van der Waals surface area contributed by atoms with Gasteiger partial charge in [0.25, 0.3) is 11.9 Å². The quantitative estimate of drug-likeness (QED) is 0.918. The summed E-state index contributed by atoms with van der Waals surface area (Å²) in [7, 11) is 3.07. The summed E-state index contributed by atoms with van der Waals surface area (Å²) < 4.78 is 15.8. The normalized spacial score (nSPS) is 23.7. The van der Waals surface area contributed by atoms with E-state index in [0.29, 0.717) is 17.1 Å². The Hall–Kier alpha value is -1.89. The molecule has 21 heavy (non-hydrogen) atoms. The lowest BCUT2D eigenvalue weighted by Gasteiger charge is -2.19. The van der Waals surface area contributed by atoms with E-state index in [-0.39, 0.29) is 24.1 Å². The number of methoxy groups -OCH3 is 2. The smallest absolute Gasteiger partial charge is 0.292 e. The first-order valence-electron chi connectivity index (χ1n) is 6.54. The summed E-state index contributed by atoms with van der Waals surface area (Å²) in [5.41, 5.74) is 0.457. The van der Waals surface area contributed by atoms with Crippen LogP contribution in [0.15, 0.2) is 18.2 Å². The molecule has 1 aromatic rings. The van der Waals surface area contributed by atoms with Gasteiger partial charge in [0.05, 0.1) is 20.3 Å². The summed E-state index contributed by atoms with van der Waals surface area (Å²) >= 11 is 1.74. The van der Waals surface area contributed by atoms with Crippen LogP contribution < -0.4 is 9.47 Å². The van der Waals surface area contributed by atoms with E-state index in [9.17, 15) is 4.79 Å². The van der Waals surface area contributed by atoms with Crippen LogP contribution >= 0.6 is 11.8 Å². The second kappa shape index (κ2) is 5.48. The maximum Gasteiger partial charge on any atom is 0.292 e. The number of carbonyl (C=O) groups excluding carboxylic acids is 1. The van der Waals surface area contributed by atoms with Gasteiger partial charge in [-0.1, -0.05) is 0 Å². The molecular formula is C14H16N2O4S. The molecule has 1 amide bonds. The van der Waals surface area contributed by atoms with Gasteiger partial charge >= 0.3 is 0 Å². The van der Waals surface area contributed by atoms with E-state index >= 15 is 0 Å². The first-order chi connectivity index (χ1) is 10.2. The maximum absolute atomic E-state index is 12.7. The van der Waals surface area contributed by atoms with E-state index in [1.165, 1.54) is 12.0 Å². The lowest BCUT2D eigenvalue weighted by Crippen LogP contribution is -2.41. The van der Waals surface area contributed by atoms with Crippen LogP contribution in [0, 0.1) is 5.41 Å². The molecule has 0 unspecified atom stereocenters. The molecule has 1 N–H and O–H groups in total. The fourth-order valence-electron chi connectivity index (χ4n) is 2.58. The fraction of sp³-hybridized carbons (Fsp3) is 0.429. The molecule has 0 radical (unpaired) electrons. The minimum absolute atomic E-state index is 0.0527. The largest absolute Gasteiger partial charge is 0.493 e. The Morgan fingerprint density at radius 2 is 2.10 bits per heavy atom. The summed E-state index contributed by atoms with van der Waals surface area (Å²) in [6, 6.07) is 4.87. The molecule has 2 saturated heterocycles. The Labute approximate surface area is 126 Å². The Kier molecular flexibility index (Phi) is 3.67. The van der Waals surface area contributed by atoms with E-state index in [1.54, 1.807) is 37.1 Å². The van der Waals surface area contributed by atoms with Gasteiger partial charge in [-0.25, -0.2) is 0 Å². The highest BCUT2D eigenvalue weighted by Crippen LogP contribution is 2.34. The molecule has 0 aliphatic carbocycles. The molecule has 0 spiro atoms. The van der Waals surface area contributed by atoms with Crippen molar-refractivity contribution in [2.24, 2.45) is 0 Å². The van der Waals surface area contributed by atoms with Crippen molar-refractivity contribution in [2.75, 3.05) is 25.7 Å². The van der Waals surface area contributed by atoms with Crippen LogP contribution in [0.2, 0.25) is 0 Å². The Bertz CT molecular complexity index is 592. The molecule has 0 saturated carbocycles. The number of fused-ring (bicyclic) bond motifs is 1. The number of rotatable bonds is 3. The van der Waals surface area contributed by atoms with Crippen LogP contribution in [-0.4, -0.2) is 54.7 Å². The minimum atomic E-state index is -0.240. The van der Waals surface area contributed by atoms with Crippen molar-refractivity contribution in [1.82, 2.24) is 4.90 Å². The second-order valence-corrected chi connectivity index (χ2v) is 5.89. The molecular weight excluding hydrogens is 292 g/mol. The number of thioether (sulfide) groups is 1. The SMILES string of the molecule is COc1ccc(C(=O)N2C(=N)O[C@@H]3CSC[C@H]32)cc1OC. The molecule has 2 aliphatic heterocycles. The van der Waals surface area contributed by atoms with E-state index in [2.05, 4.69) is 0 Å². The molecule has 0 bridgehead atoms. The summed E-state index contributed by atoms with van der Waals surface area (Å²) in [5.74, 6) is 2.44. The zero-order chi connectivity index (χ0) is 15.0. The van der Waals surface area contributed by atoms with E-state index in [1.807, 2.05) is 0 Å². The number of nitrogens with zero attached hydrogens (tertiary/aromatic N) is 1. The fourth-order valence-corrected chi connectivity index (χ4v) is 3.84. The van der Waals surface area contributed by atoms with Crippen LogP contribution in [0.1, 0.15) is 10.4 Å². The number of nitrogens with one attached hydrogen (secondary N) is 1. The number of benzene rings is 1. The van der Waals surface area contributed by atoms with Crippen LogP contribution in [0.4, 0.5) is 0 Å². The molecule has 2 heterocycles. The summed E-state index contributed by atoms with van der Waals surface area (Å²) in [5, 5.41) is 7.88. The lowest BCUT2D eigenvalue weighted by molar-refractivity contribution is 0.0823. The molecule has 1 aromatic carbocycles. The number of ether oxygens (including phenoxy) is 3. The van der Waals surface area contributed by atoms with Gasteiger partial charge in [-0.05, 0) is 18.2 Å². The first-order valence-corrected chi connectivity index (χ1v) is 7.69. The number of amides is 1. The predicted molar refractivity (Wildman–Crippen MR) is 79.4 cm³/mol. The Balaban J connectivity index is 1.89. The van der Waals surface area contributed by atoms with E-state index in [0.717, 1.165) is 11.5 Å². The number of hydrogen-bond acceptors (Lipinski definition) is 6. The van der Waals surface area contributed by atoms with Crippen molar-refractivity contribution in [2.45, 2.75) is 12.1 Å². The monoisotopic (exact) mass is 308 g/mol. The topological polar surface area (TPSA) is 71.9 Å². The third kappa shape index (κ3) is 2.31. The van der Waals surface area contributed by atoms with Crippen molar-refractivity contribution in [3.05, 3.63) is 23.8 Å². The molecule has 2 aliphatic rings. The molecule has 0 aromatic heterocycles. The summed E-state index contributed by atoms with van der Waals surface area (Å²) in [6.07, 6.45) is -0.0633. The highest BCUT2D eigenvalue weighted by molar-refractivity contribution is 7.99. The standard InChI is InChI=1S/C14H16N2O4S/c1-18-10-4-3-8(5-11(10)19-2)13(17)16-9-6-21-7-12(9)20-14(16)15/h3-5,9,12,15H,6-7H2,1-2H3/t9-,12-/m1/s1. The predicted octanol–water partition coefficient (Wildman–Crippen LogP) is 1.59. The van der Waals surface area contributed by atoms with Crippen LogP contribution in [0.5, 0.6) is 11.5 Å². The molecule has 6 nitrogen and oxygen atoms in total. The Morgan fingerprint density at radius 1 is 1.33 bits per heavy atom. The average molecular weight is 308 g/mol. The van der Waals surface area contributed by atoms with E-state index in [4.69, 9.17) is 19.6 Å². The molecule has 3 rings (SSSR count). The van der Waals surface area contributed by atoms with Crippen molar-refractivity contribution in [3.63, 3.8) is 0 Å². The van der Waals surface area contributed by atoms with Crippen molar-refractivity contribution in [3.8, 4) is 11.5 Å². The highest BCUT2D eigenvalue weighted by atomic mass is 32.2. The third-order valence-corrected chi connectivity index (χ3v) is 4.80. The van der Waals surface area contributed by atoms with Crippen molar-refractivity contribution in [1.29, 1.82) is 5.41 Å². The molecule has 2 atom stereocenters. The van der Waals surface area contributed by atoms with Crippen LogP contribution in [0.25, 0.3) is 0 Å². The van der Waals surface area contributed by atoms with Gasteiger partial charge in [0.2, 0.25) is 0 Å². The van der Waals surface area contributed by atoms with Gasteiger partial charge in [-0.2, -0.15) is 11.8 Å². The van der Waals surface area contributed by atoms with Crippen LogP contribution in [0.3, 0.4) is 0 Å². The lowest BCUT2D eigenvalue weighted by atomic mass is 10.1. The van der Waals surface area contributed by atoms with E-state index < -0.39 is 0 Å². The minimum Gasteiger partial charge on any atom is -0.493 e. The van der Waals surface area contributed by atoms with Crippen LogP contribution in [-0.2, 0) is 4.74 Å². The number of hydrogen-bond donors (Lipinski definition) is 1. The third-order valence-electron chi connectivity index (χ3n) is 3.66. The maximum atomic E-state index is 12.7. The molecule has 2 fully saturated rings. The summed E-state index contributed by atoms with van der Waals surface area (Å²) in [4.78, 5) is 14.1. The average Bonchev–Trinajstić information content (AvgIpc) is 3.05.